The Bertz CT molecular complexity index is 1750. The summed E-state index contributed by atoms with van der Waals surface area (Å²) >= 11 is 12.4. The SMILES string of the molecule is COC(=O)c1cc(F)c(NC(=O)[C@@H]2NC3(C[C@H]3C(C)(C)C)[C@](C(C)=N)(c3ccc(Cl)cc3F)[C@H]2c2cccc(Cl)c2F)cc1F. The van der Waals surface area contributed by atoms with E-state index in [9.17, 15) is 19.4 Å². The maximum absolute atomic E-state index is 16.1. The van der Waals surface area contributed by atoms with Gasteiger partial charge in [-0.1, -0.05) is 62.2 Å². The summed E-state index contributed by atoms with van der Waals surface area (Å²) in [4.78, 5) is 26.1. The zero-order valence-electron chi connectivity index (χ0n) is 25.1. The molecule has 1 saturated carbocycles. The van der Waals surface area contributed by atoms with Crippen LogP contribution in [0.3, 0.4) is 0 Å². The van der Waals surface area contributed by atoms with E-state index in [0.717, 1.165) is 13.2 Å². The van der Waals surface area contributed by atoms with E-state index in [2.05, 4.69) is 15.4 Å². The maximum atomic E-state index is 16.1. The molecule has 0 bridgehead atoms. The summed E-state index contributed by atoms with van der Waals surface area (Å²) in [5, 5.41) is 14.8. The summed E-state index contributed by atoms with van der Waals surface area (Å²) in [6.07, 6.45) is 0.383. The van der Waals surface area contributed by atoms with Gasteiger partial charge in [0.15, 0.2) is 0 Å². The molecule has 3 aromatic rings. The van der Waals surface area contributed by atoms with E-state index in [0.29, 0.717) is 18.6 Å². The third-order valence-corrected chi connectivity index (χ3v) is 9.72. The Balaban J connectivity index is 1.76. The normalized spacial score (nSPS) is 25.7. The zero-order valence-corrected chi connectivity index (χ0v) is 26.6. The molecule has 0 aromatic heterocycles. The smallest absolute Gasteiger partial charge is 0.340 e. The number of rotatable bonds is 6. The third kappa shape index (κ3) is 5.11. The molecule has 5 rings (SSSR count). The Morgan fingerprint density at radius 3 is 2.29 bits per heavy atom. The van der Waals surface area contributed by atoms with Crippen molar-refractivity contribution in [1.82, 2.24) is 5.32 Å². The Kier molecular flexibility index (Phi) is 8.34. The molecular weight excluding hydrogens is 633 g/mol. The molecule has 1 amide bonds. The van der Waals surface area contributed by atoms with Crippen molar-refractivity contribution in [2.24, 2.45) is 11.3 Å². The van der Waals surface area contributed by atoms with Gasteiger partial charge in [0.25, 0.3) is 0 Å². The highest BCUT2D eigenvalue weighted by molar-refractivity contribution is 6.31. The molecule has 238 valence electrons. The van der Waals surface area contributed by atoms with Gasteiger partial charge in [-0.15, -0.1) is 0 Å². The predicted octanol–water partition coefficient (Wildman–Crippen LogP) is 7.81. The van der Waals surface area contributed by atoms with Gasteiger partial charge in [0.1, 0.15) is 23.3 Å². The van der Waals surface area contributed by atoms with E-state index in [1.54, 1.807) is 0 Å². The van der Waals surface area contributed by atoms with Crippen molar-refractivity contribution in [1.29, 1.82) is 5.41 Å². The van der Waals surface area contributed by atoms with Crippen molar-refractivity contribution in [3.8, 4) is 0 Å². The lowest BCUT2D eigenvalue weighted by Crippen LogP contribution is -2.53. The van der Waals surface area contributed by atoms with Crippen LogP contribution in [-0.4, -0.2) is 36.3 Å². The molecule has 1 aliphatic heterocycles. The summed E-state index contributed by atoms with van der Waals surface area (Å²) in [6, 6.07) is 8.07. The van der Waals surface area contributed by atoms with Crippen LogP contribution in [0.4, 0.5) is 23.2 Å². The van der Waals surface area contributed by atoms with Crippen LogP contribution in [0, 0.1) is 40.0 Å². The highest BCUT2D eigenvalue weighted by Gasteiger charge is 2.79. The van der Waals surface area contributed by atoms with Crippen LogP contribution in [0.25, 0.3) is 0 Å². The van der Waals surface area contributed by atoms with Crippen LogP contribution >= 0.6 is 23.2 Å². The van der Waals surface area contributed by atoms with Crippen molar-refractivity contribution in [3.05, 3.63) is 98.5 Å². The van der Waals surface area contributed by atoms with Gasteiger partial charge < -0.3 is 15.5 Å². The van der Waals surface area contributed by atoms with Crippen molar-refractivity contribution >= 4 is 46.5 Å². The largest absolute Gasteiger partial charge is 0.465 e. The molecule has 45 heavy (non-hydrogen) atoms. The second kappa shape index (κ2) is 11.4. The molecule has 12 heteroatoms. The molecular formula is C33H31Cl2F4N3O3. The first-order valence-electron chi connectivity index (χ1n) is 14.1. The number of hydrogen-bond acceptors (Lipinski definition) is 5. The van der Waals surface area contributed by atoms with E-state index in [-0.39, 0.29) is 32.8 Å². The summed E-state index contributed by atoms with van der Waals surface area (Å²) in [5.41, 5.74) is -4.58. The molecule has 1 saturated heterocycles. The molecule has 2 fully saturated rings. The molecule has 0 radical (unpaired) electrons. The first-order chi connectivity index (χ1) is 21.0. The predicted molar refractivity (Wildman–Crippen MR) is 164 cm³/mol. The Morgan fingerprint density at radius 1 is 1.02 bits per heavy atom. The van der Waals surface area contributed by atoms with Gasteiger partial charge in [0.05, 0.1) is 34.8 Å². The lowest BCUT2D eigenvalue weighted by Gasteiger charge is -2.43. The third-order valence-electron chi connectivity index (χ3n) is 9.19. The van der Waals surface area contributed by atoms with E-state index in [1.165, 1.54) is 37.3 Å². The number of carbonyl (C=O) groups is 2. The molecule has 1 spiro atoms. The van der Waals surface area contributed by atoms with Crippen LogP contribution in [0.1, 0.15) is 61.5 Å². The summed E-state index contributed by atoms with van der Waals surface area (Å²) in [6.45, 7) is 7.39. The average molecular weight is 665 g/mol. The molecule has 1 aliphatic carbocycles. The molecule has 3 aromatic carbocycles. The number of anilines is 1. The Labute approximate surface area is 267 Å². The van der Waals surface area contributed by atoms with Crippen molar-refractivity contribution in [2.75, 3.05) is 12.4 Å². The minimum absolute atomic E-state index is 0.0259. The topological polar surface area (TPSA) is 91.3 Å². The number of carbonyl (C=O) groups excluding carboxylic acids is 2. The second-order valence-electron chi connectivity index (χ2n) is 12.7. The standard InChI is InChI=1S/C33H31Cl2F4N3O3/c1-15(40)33(19-10-9-16(34)11-22(19)37)26(17-7-6-8-20(35)27(17)39)28(42-32(33)14-25(32)31(2,3)4)29(43)41-24-13-21(36)18(12-23(24)38)30(44)45-5/h6-13,25-26,28,40,42H,14H2,1-5H3,(H,41,43)/t25-,26-,28+,32?,33+/m0/s1. The Hall–Kier alpha value is -3.47. The van der Waals surface area contributed by atoms with Gasteiger partial charge in [-0.05, 0) is 54.5 Å². The molecule has 1 unspecified atom stereocenters. The lowest BCUT2D eigenvalue weighted by molar-refractivity contribution is -0.118. The summed E-state index contributed by atoms with van der Waals surface area (Å²) in [7, 11) is 1.01. The van der Waals surface area contributed by atoms with Gasteiger partial charge >= 0.3 is 5.97 Å². The van der Waals surface area contributed by atoms with Gasteiger partial charge in [-0.2, -0.15) is 0 Å². The maximum Gasteiger partial charge on any atom is 0.340 e. The van der Waals surface area contributed by atoms with E-state index >= 15 is 13.2 Å². The highest BCUT2D eigenvalue weighted by atomic mass is 35.5. The van der Waals surface area contributed by atoms with Gasteiger partial charge in [-0.3, -0.25) is 10.1 Å². The first-order valence-corrected chi connectivity index (χ1v) is 14.9. The monoisotopic (exact) mass is 663 g/mol. The number of esters is 1. The fraction of sp³-hybridized carbons (Fsp3) is 0.364. The number of halogens is 6. The Morgan fingerprint density at radius 2 is 1.71 bits per heavy atom. The van der Waals surface area contributed by atoms with Gasteiger partial charge in [0, 0.05) is 33.8 Å². The fourth-order valence-corrected chi connectivity index (χ4v) is 7.74. The summed E-state index contributed by atoms with van der Waals surface area (Å²) in [5.74, 6) is -7.44. The number of amides is 1. The van der Waals surface area contributed by atoms with E-state index in [4.69, 9.17) is 23.2 Å². The van der Waals surface area contributed by atoms with Gasteiger partial charge in [-0.25, -0.2) is 22.4 Å². The van der Waals surface area contributed by atoms with Crippen molar-refractivity contribution < 1.29 is 31.9 Å². The minimum atomic E-state index is -1.66. The van der Waals surface area contributed by atoms with Crippen molar-refractivity contribution in [2.45, 2.75) is 57.0 Å². The van der Waals surface area contributed by atoms with E-state index in [1.807, 2.05) is 20.8 Å². The molecule has 3 N–H and O–H groups in total. The number of ether oxygens (including phenoxy) is 1. The van der Waals surface area contributed by atoms with Crippen LogP contribution in [0.15, 0.2) is 48.5 Å². The number of nitrogens with one attached hydrogen (secondary N) is 3. The zero-order chi connectivity index (χ0) is 33.2. The molecule has 1 heterocycles. The summed E-state index contributed by atoms with van der Waals surface area (Å²) < 4.78 is 66.6. The van der Waals surface area contributed by atoms with E-state index < -0.39 is 74.7 Å². The number of hydrogen-bond donors (Lipinski definition) is 3. The van der Waals surface area contributed by atoms with Crippen molar-refractivity contribution in [3.63, 3.8) is 0 Å². The molecule has 5 atom stereocenters. The van der Waals surface area contributed by atoms with Crippen LogP contribution in [0.5, 0.6) is 0 Å². The first kappa shape index (κ1) is 32.9. The molecule has 6 nitrogen and oxygen atoms in total. The molecule has 2 aliphatic rings. The van der Waals surface area contributed by atoms with Crippen LogP contribution < -0.4 is 10.6 Å². The van der Waals surface area contributed by atoms with Crippen LogP contribution in [0.2, 0.25) is 10.0 Å². The lowest BCUT2D eigenvalue weighted by atomic mass is 9.59. The average Bonchev–Trinajstić information content (AvgIpc) is 3.62. The van der Waals surface area contributed by atoms with Crippen LogP contribution in [-0.2, 0) is 14.9 Å². The highest BCUT2D eigenvalue weighted by Crippen LogP contribution is 2.71. The number of methoxy groups -OCH3 is 1. The second-order valence-corrected chi connectivity index (χ2v) is 13.5. The fourth-order valence-electron chi connectivity index (χ4n) is 7.40. The minimum Gasteiger partial charge on any atom is -0.465 e. The quantitative estimate of drug-likeness (QED) is 0.143. The van der Waals surface area contributed by atoms with Gasteiger partial charge in [0.2, 0.25) is 5.91 Å². The number of benzene rings is 3.